The zero-order chi connectivity index (χ0) is 14.6. The highest BCUT2D eigenvalue weighted by Gasteiger charge is 2.20. The molecule has 0 fully saturated rings. The molecule has 106 valence electrons. The van der Waals surface area contributed by atoms with Crippen molar-refractivity contribution in [2.45, 2.75) is 20.8 Å². The molecular weight excluding hydrogens is 262 g/mol. The lowest BCUT2D eigenvalue weighted by Gasteiger charge is -2.32. The van der Waals surface area contributed by atoms with Gasteiger partial charge in [-0.25, -0.2) is 0 Å². The second-order valence-corrected chi connectivity index (χ2v) is 5.82. The number of benzene rings is 1. The van der Waals surface area contributed by atoms with Gasteiger partial charge in [-0.05, 0) is 37.1 Å². The molecule has 0 radical (unpaired) electrons. The van der Waals surface area contributed by atoms with E-state index >= 15 is 0 Å². The van der Waals surface area contributed by atoms with Crippen molar-refractivity contribution in [3.8, 4) is 0 Å². The topological polar surface area (TPSA) is 72.3 Å². The molecule has 0 saturated heterocycles. The van der Waals surface area contributed by atoms with Crippen molar-refractivity contribution in [2.24, 2.45) is 16.9 Å². The van der Waals surface area contributed by atoms with Crippen molar-refractivity contribution in [3.63, 3.8) is 0 Å². The SMILES string of the molecule is CCN(CC(C)(C)CN)c1ccc(C(N)=O)c(Cl)c1. The van der Waals surface area contributed by atoms with Crippen molar-refractivity contribution in [3.05, 3.63) is 28.8 Å². The van der Waals surface area contributed by atoms with Crippen LogP contribution in [0.15, 0.2) is 18.2 Å². The molecule has 0 aliphatic carbocycles. The van der Waals surface area contributed by atoms with Gasteiger partial charge in [-0.2, -0.15) is 0 Å². The van der Waals surface area contributed by atoms with Crippen molar-refractivity contribution in [2.75, 3.05) is 24.5 Å². The lowest BCUT2D eigenvalue weighted by atomic mass is 9.93. The summed E-state index contributed by atoms with van der Waals surface area (Å²) in [5.74, 6) is -0.512. The first-order chi connectivity index (χ1) is 8.80. The van der Waals surface area contributed by atoms with Crippen LogP contribution in [0.3, 0.4) is 0 Å². The van der Waals surface area contributed by atoms with E-state index in [1.807, 2.05) is 6.07 Å². The number of carbonyl (C=O) groups is 1. The Bertz CT molecular complexity index is 460. The van der Waals surface area contributed by atoms with Gasteiger partial charge in [0.05, 0.1) is 10.6 Å². The average molecular weight is 284 g/mol. The van der Waals surface area contributed by atoms with E-state index in [1.165, 1.54) is 0 Å². The maximum absolute atomic E-state index is 11.2. The lowest BCUT2D eigenvalue weighted by molar-refractivity contribution is 0.100. The van der Waals surface area contributed by atoms with Crippen molar-refractivity contribution in [1.29, 1.82) is 0 Å². The standard InChI is InChI=1S/C14H22ClN3O/c1-4-18(9-14(2,3)8-16)10-5-6-11(13(17)19)12(15)7-10/h5-7H,4,8-9,16H2,1-3H3,(H2,17,19). The molecular formula is C14H22ClN3O. The van der Waals surface area contributed by atoms with E-state index < -0.39 is 5.91 Å². The summed E-state index contributed by atoms with van der Waals surface area (Å²) < 4.78 is 0. The summed E-state index contributed by atoms with van der Waals surface area (Å²) in [5, 5.41) is 0.383. The van der Waals surface area contributed by atoms with Crippen LogP contribution in [0.4, 0.5) is 5.69 Å². The maximum atomic E-state index is 11.2. The highest BCUT2D eigenvalue weighted by molar-refractivity contribution is 6.34. The minimum absolute atomic E-state index is 0.0187. The number of hydrogen-bond acceptors (Lipinski definition) is 3. The molecule has 0 aromatic heterocycles. The first-order valence-electron chi connectivity index (χ1n) is 6.35. The molecule has 0 aliphatic rings. The molecule has 1 aromatic carbocycles. The number of primary amides is 1. The molecule has 19 heavy (non-hydrogen) atoms. The number of anilines is 1. The molecule has 0 unspecified atom stereocenters. The molecule has 4 nitrogen and oxygen atoms in total. The summed E-state index contributed by atoms with van der Waals surface area (Å²) in [7, 11) is 0. The van der Waals surface area contributed by atoms with Gasteiger partial charge in [0.1, 0.15) is 0 Å². The second kappa shape index (κ2) is 6.26. The van der Waals surface area contributed by atoms with E-state index in [0.717, 1.165) is 18.8 Å². The van der Waals surface area contributed by atoms with Gasteiger partial charge < -0.3 is 16.4 Å². The van der Waals surface area contributed by atoms with Crippen LogP contribution in [0.25, 0.3) is 0 Å². The van der Waals surface area contributed by atoms with Crippen LogP contribution >= 0.6 is 11.6 Å². The Morgan fingerprint density at radius 3 is 2.47 bits per heavy atom. The van der Waals surface area contributed by atoms with Crippen LogP contribution in [0.2, 0.25) is 5.02 Å². The van der Waals surface area contributed by atoms with Gasteiger partial charge in [-0.1, -0.05) is 25.4 Å². The van der Waals surface area contributed by atoms with Crippen LogP contribution in [0.1, 0.15) is 31.1 Å². The number of hydrogen-bond donors (Lipinski definition) is 2. The molecule has 1 rings (SSSR count). The molecule has 0 bridgehead atoms. The van der Waals surface area contributed by atoms with E-state index in [4.69, 9.17) is 23.1 Å². The smallest absolute Gasteiger partial charge is 0.250 e. The molecule has 4 N–H and O–H groups in total. The molecule has 0 atom stereocenters. The van der Waals surface area contributed by atoms with Gasteiger partial charge in [-0.3, -0.25) is 4.79 Å². The number of rotatable bonds is 6. The van der Waals surface area contributed by atoms with Gasteiger partial charge in [0, 0.05) is 18.8 Å². The number of amides is 1. The molecule has 0 spiro atoms. The highest BCUT2D eigenvalue weighted by Crippen LogP contribution is 2.26. The first kappa shape index (κ1) is 15.8. The third kappa shape index (κ3) is 4.11. The van der Waals surface area contributed by atoms with Crippen molar-refractivity contribution >= 4 is 23.2 Å². The largest absolute Gasteiger partial charge is 0.371 e. The Kier molecular flexibility index (Phi) is 5.20. The summed E-state index contributed by atoms with van der Waals surface area (Å²) in [6.45, 7) is 8.59. The number of halogens is 1. The van der Waals surface area contributed by atoms with E-state index in [2.05, 4.69) is 25.7 Å². The van der Waals surface area contributed by atoms with E-state index in [0.29, 0.717) is 17.1 Å². The Labute approximate surface area is 119 Å². The highest BCUT2D eigenvalue weighted by atomic mass is 35.5. The van der Waals surface area contributed by atoms with Gasteiger partial charge >= 0.3 is 0 Å². The van der Waals surface area contributed by atoms with Crippen molar-refractivity contribution < 1.29 is 4.79 Å². The van der Waals surface area contributed by atoms with Crippen LogP contribution in [-0.2, 0) is 0 Å². The fourth-order valence-corrected chi connectivity index (χ4v) is 2.14. The van der Waals surface area contributed by atoms with Gasteiger partial charge in [0.2, 0.25) is 5.91 Å². The zero-order valence-corrected chi connectivity index (χ0v) is 12.5. The summed E-state index contributed by atoms with van der Waals surface area (Å²) in [5.41, 5.74) is 12.3. The molecule has 0 saturated carbocycles. The first-order valence-corrected chi connectivity index (χ1v) is 6.73. The van der Waals surface area contributed by atoms with Crippen molar-refractivity contribution in [1.82, 2.24) is 0 Å². The zero-order valence-electron chi connectivity index (χ0n) is 11.7. The van der Waals surface area contributed by atoms with E-state index in [-0.39, 0.29) is 5.41 Å². The summed E-state index contributed by atoms with van der Waals surface area (Å²) in [6.07, 6.45) is 0. The van der Waals surface area contributed by atoms with Gasteiger partial charge in [0.25, 0.3) is 0 Å². The minimum atomic E-state index is -0.512. The Balaban J connectivity index is 3.00. The van der Waals surface area contributed by atoms with Crippen LogP contribution < -0.4 is 16.4 Å². The summed E-state index contributed by atoms with van der Waals surface area (Å²) in [4.78, 5) is 13.3. The molecule has 5 heteroatoms. The number of nitrogens with zero attached hydrogens (tertiary/aromatic N) is 1. The van der Waals surface area contributed by atoms with Crippen LogP contribution in [0, 0.1) is 5.41 Å². The monoisotopic (exact) mass is 283 g/mol. The predicted octanol–water partition coefficient (Wildman–Crippen LogP) is 2.25. The van der Waals surface area contributed by atoms with Gasteiger partial charge in [-0.15, -0.1) is 0 Å². The summed E-state index contributed by atoms with van der Waals surface area (Å²) >= 11 is 6.08. The average Bonchev–Trinajstić information content (AvgIpc) is 2.35. The maximum Gasteiger partial charge on any atom is 0.250 e. The molecule has 1 amide bonds. The Morgan fingerprint density at radius 2 is 2.05 bits per heavy atom. The Morgan fingerprint density at radius 1 is 1.42 bits per heavy atom. The second-order valence-electron chi connectivity index (χ2n) is 5.41. The van der Waals surface area contributed by atoms with Crippen LogP contribution in [0.5, 0.6) is 0 Å². The number of carbonyl (C=O) groups excluding carboxylic acids is 1. The minimum Gasteiger partial charge on any atom is -0.371 e. The lowest BCUT2D eigenvalue weighted by Crippen LogP contribution is -2.38. The Hall–Kier alpha value is -1.26. The van der Waals surface area contributed by atoms with E-state index in [9.17, 15) is 4.79 Å². The van der Waals surface area contributed by atoms with Crippen LogP contribution in [-0.4, -0.2) is 25.5 Å². The fraction of sp³-hybridized carbons (Fsp3) is 0.500. The predicted molar refractivity (Wildman–Crippen MR) is 80.7 cm³/mol. The van der Waals surface area contributed by atoms with Gasteiger partial charge in [0.15, 0.2) is 0 Å². The van der Waals surface area contributed by atoms with E-state index in [1.54, 1.807) is 12.1 Å². The molecule has 1 aromatic rings. The number of nitrogens with two attached hydrogens (primary N) is 2. The third-order valence-electron chi connectivity index (χ3n) is 3.14. The molecule has 0 heterocycles. The summed E-state index contributed by atoms with van der Waals surface area (Å²) in [6, 6.07) is 5.30. The normalized spacial score (nSPS) is 11.4. The molecule has 0 aliphatic heterocycles. The quantitative estimate of drug-likeness (QED) is 0.841. The fourth-order valence-electron chi connectivity index (χ4n) is 1.87. The third-order valence-corrected chi connectivity index (χ3v) is 3.45.